The van der Waals surface area contributed by atoms with Crippen molar-refractivity contribution in [2.75, 3.05) is 6.54 Å². The molecule has 3 N–H and O–H groups in total. The molecule has 0 aliphatic carbocycles. The molecule has 0 radical (unpaired) electrons. The number of hydrogen-bond donors (Lipinski definition) is 3. The van der Waals surface area contributed by atoms with Crippen LogP contribution in [0.2, 0.25) is 0 Å². The highest BCUT2D eigenvalue weighted by Crippen LogP contribution is 2.29. The molecule has 0 saturated carbocycles. The summed E-state index contributed by atoms with van der Waals surface area (Å²) in [5.41, 5.74) is 2.96. The van der Waals surface area contributed by atoms with Crippen molar-refractivity contribution in [1.82, 2.24) is 10.3 Å². The van der Waals surface area contributed by atoms with Crippen LogP contribution < -0.4 is 5.32 Å². The van der Waals surface area contributed by atoms with Gasteiger partial charge in [0.1, 0.15) is 6.04 Å². The lowest BCUT2D eigenvalue weighted by molar-refractivity contribution is -0.139. The maximum absolute atomic E-state index is 11.1. The molecule has 1 aromatic carbocycles. The Kier molecular flexibility index (Phi) is 1.97. The second kappa shape index (κ2) is 3.35. The fourth-order valence-corrected chi connectivity index (χ4v) is 2.39. The number of carboxylic acid groups (broad SMARTS) is 1. The third-order valence-electron chi connectivity index (χ3n) is 3.11. The van der Waals surface area contributed by atoms with Gasteiger partial charge in [-0.15, -0.1) is 0 Å². The second-order valence-corrected chi connectivity index (χ2v) is 4.04. The molecule has 1 atom stereocenters. The van der Waals surface area contributed by atoms with E-state index in [0.29, 0.717) is 6.54 Å². The summed E-state index contributed by atoms with van der Waals surface area (Å²) in [6.07, 6.45) is 0.878. The number of benzene rings is 1. The molecule has 1 aliphatic rings. The summed E-state index contributed by atoms with van der Waals surface area (Å²) in [6.45, 7) is 0.714. The molecule has 0 unspecified atom stereocenters. The van der Waals surface area contributed by atoms with Gasteiger partial charge in [0, 0.05) is 23.1 Å². The summed E-state index contributed by atoms with van der Waals surface area (Å²) < 4.78 is 0. The summed E-state index contributed by atoms with van der Waals surface area (Å²) in [4.78, 5) is 14.3. The van der Waals surface area contributed by atoms with Crippen LogP contribution in [-0.2, 0) is 11.2 Å². The molecule has 0 saturated heterocycles. The van der Waals surface area contributed by atoms with Gasteiger partial charge in [0.15, 0.2) is 0 Å². The van der Waals surface area contributed by atoms with Gasteiger partial charge < -0.3 is 10.1 Å². The molecule has 16 heavy (non-hydrogen) atoms. The first kappa shape index (κ1) is 9.42. The van der Waals surface area contributed by atoms with E-state index in [0.717, 1.165) is 28.6 Å². The van der Waals surface area contributed by atoms with Crippen molar-refractivity contribution in [2.24, 2.45) is 0 Å². The maximum atomic E-state index is 11.1. The summed E-state index contributed by atoms with van der Waals surface area (Å²) >= 11 is 0. The smallest absolute Gasteiger partial charge is 0.326 e. The average Bonchev–Trinajstić information content (AvgIpc) is 2.67. The zero-order valence-electron chi connectivity index (χ0n) is 8.66. The van der Waals surface area contributed by atoms with E-state index in [4.69, 9.17) is 5.11 Å². The third-order valence-corrected chi connectivity index (χ3v) is 3.11. The topological polar surface area (TPSA) is 65.1 Å². The number of H-pyrrole nitrogens is 1. The molecule has 1 aliphatic heterocycles. The van der Waals surface area contributed by atoms with Crippen LogP contribution in [0.1, 0.15) is 17.3 Å². The van der Waals surface area contributed by atoms with Crippen LogP contribution in [0.3, 0.4) is 0 Å². The molecule has 2 aromatic rings. The highest BCUT2D eigenvalue weighted by molar-refractivity contribution is 5.88. The minimum absolute atomic E-state index is 0.601. The Labute approximate surface area is 92.3 Å². The monoisotopic (exact) mass is 216 g/mol. The zero-order valence-corrected chi connectivity index (χ0v) is 8.66. The van der Waals surface area contributed by atoms with Gasteiger partial charge in [0.05, 0.1) is 0 Å². The van der Waals surface area contributed by atoms with E-state index in [1.54, 1.807) is 0 Å². The minimum atomic E-state index is -0.826. The van der Waals surface area contributed by atoms with Gasteiger partial charge in [0.2, 0.25) is 0 Å². The van der Waals surface area contributed by atoms with Crippen molar-refractivity contribution < 1.29 is 9.90 Å². The Morgan fingerprint density at radius 1 is 1.38 bits per heavy atom. The number of rotatable bonds is 1. The predicted octanol–water partition coefficient (Wildman–Crippen LogP) is 1.44. The average molecular weight is 216 g/mol. The summed E-state index contributed by atoms with van der Waals surface area (Å²) in [5, 5.41) is 13.3. The van der Waals surface area contributed by atoms with E-state index in [2.05, 4.69) is 10.3 Å². The molecule has 0 bridgehead atoms. The van der Waals surface area contributed by atoms with Crippen LogP contribution in [0.15, 0.2) is 24.3 Å². The van der Waals surface area contributed by atoms with Crippen LogP contribution in [0.4, 0.5) is 0 Å². The Bertz CT molecular complexity index is 559. The van der Waals surface area contributed by atoms with E-state index < -0.39 is 12.0 Å². The molecule has 4 nitrogen and oxygen atoms in total. The molecular formula is C12H12N2O2. The zero-order chi connectivity index (χ0) is 11.1. The number of hydrogen-bond acceptors (Lipinski definition) is 2. The Hall–Kier alpha value is -1.81. The summed E-state index contributed by atoms with van der Waals surface area (Å²) in [6, 6.07) is 7.35. The van der Waals surface area contributed by atoms with E-state index >= 15 is 0 Å². The number of nitrogens with one attached hydrogen (secondary N) is 2. The van der Waals surface area contributed by atoms with Gasteiger partial charge in [0.25, 0.3) is 0 Å². The SMILES string of the molecule is O=C(O)[C@H]1NCCc2c1[nH]c1ccccc21. The maximum Gasteiger partial charge on any atom is 0.326 e. The predicted molar refractivity (Wildman–Crippen MR) is 60.4 cm³/mol. The highest BCUT2D eigenvalue weighted by atomic mass is 16.4. The Morgan fingerprint density at radius 2 is 2.19 bits per heavy atom. The molecule has 4 heteroatoms. The van der Waals surface area contributed by atoms with Crippen molar-refractivity contribution in [1.29, 1.82) is 0 Å². The van der Waals surface area contributed by atoms with Gasteiger partial charge in [-0.25, -0.2) is 0 Å². The van der Waals surface area contributed by atoms with Crippen LogP contribution in [0.25, 0.3) is 10.9 Å². The van der Waals surface area contributed by atoms with Crippen LogP contribution >= 0.6 is 0 Å². The lowest BCUT2D eigenvalue weighted by Gasteiger charge is -2.20. The first-order valence-corrected chi connectivity index (χ1v) is 5.33. The van der Waals surface area contributed by atoms with Gasteiger partial charge in [-0.1, -0.05) is 18.2 Å². The van der Waals surface area contributed by atoms with E-state index in [-0.39, 0.29) is 0 Å². The Balaban J connectivity index is 2.25. The fraction of sp³-hybridized carbons (Fsp3) is 0.250. The normalized spacial score (nSPS) is 19.6. The molecule has 2 heterocycles. The van der Waals surface area contributed by atoms with E-state index in [1.807, 2.05) is 24.3 Å². The number of fused-ring (bicyclic) bond motifs is 3. The molecular weight excluding hydrogens is 204 g/mol. The lowest BCUT2D eigenvalue weighted by atomic mass is 9.99. The minimum Gasteiger partial charge on any atom is -0.480 e. The number of aromatic amines is 1. The number of aliphatic carboxylic acids is 1. The van der Waals surface area contributed by atoms with Crippen molar-refractivity contribution in [3.05, 3.63) is 35.5 Å². The molecule has 0 amide bonds. The largest absolute Gasteiger partial charge is 0.480 e. The first-order valence-electron chi connectivity index (χ1n) is 5.33. The lowest BCUT2D eigenvalue weighted by Crippen LogP contribution is -2.34. The quantitative estimate of drug-likeness (QED) is 0.675. The van der Waals surface area contributed by atoms with Gasteiger partial charge in [-0.2, -0.15) is 0 Å². The van der Waals surface area contributed by atoms with E-state index in [9.17, 15) is 4.79 Å². The van der Waals surface area contributed by atoms with Crippen LogP contribution in [-0.4, -0.2) is 22.6 Å². The first-order chi connectivity index (χ1) is 7.77. The second-order valence-electron chi connectivity index (χ2n) is 4.04. The van der Waals surface area contributed by atoms with E-state index in [1.165, 1.54) is 0 Å². The Morgan fingerprint density at radius 3 is 3.00 bits per heavy atom. The molecule has 0 spiro atoms. The van der Waals surface area contributed by atoms with Gasteiger partial charge in [-0.3, -0.25) is 10.1 Å². The summed E-state index contributed by atoms with van der Waals surface area (Å²) in [7, 11) is 0. The molecule has 3 rings (SSSR count). The number of carboxylic acids is 1. The van der Waals surface area contributed by atoms with Crippen LogP contribution in [0, 0.1) is 0 Å². The highest BCUT2D eigenvalue weighted by Gasteiger charge is 2.28. The fourth-order valence-electron chi connectivity index (χ4n) is 2.39. The van der Waals surface area contributed by atoms with Crippen molar-refractivity contribution in [3.63, 3.8) is 0 Å². The van der Waals surface area contributed by atoms with Crippen molar-refractivity contribution >= 4 is 16.9 Å². The van der Waals surface area contributed by atoms with Crippen molar-refractivity contribution in [2.45, 2.75) is 12.5 Å². The molecule has 0 fully saturated rings. The molecule has 82 valence electrons. The van der Waals surface area contributed by atoms with Crippen molar-refractivity contribution in [3.8, 4) is 0 Å². The summed E-state index contributed by atoms with van der Waals surface area (Å²) in [5.74, 6) is -0.826. The van der Waals surface area contributed by atoms with Crippen LogP contribution in [0.5, 0.6) is 0 Å². The number of aromatic nitrogens is 1. The van der Waals surface area contributed by atoms with Gasteiger partial charge in [-0.05, 0) is 18.1 Å². The number of para-hydroxylation sites is 1. The standard InChI is InChI=1S/C12H12N2O2/c15-12(16)11-10-8(5-6-13-11)7-3-1-2-4-9(7)14-10/h1-4,11,13-14H,5-6H2,(H,15,16)/t11-/m0/s1. The van der Waals surface area contributed by atoms with Gasteiger partial charge >= 0.3 is 5.97 Å². The number of carbonyl (C=O) groups is 1. The third kappa shape index (κ3) is 1.23. The molecule has 1 aromatic heterocycles.